The van der Waals surface area contributed by atoms with Crippen LogP contribution in [0, 0.1) is 0 Å². The first-order valence-electron chi connectivity index (χ1n) is 6.04. The van der Waals surface area contributed by atoms with Gasteiger partial charge in [0.2, 0.25) is 5.91 Å². The van der Waals surface area contributed by atoms with Crippen molar-refractivity contribution in [3.63, 3.8) is 0 Å². The number of carbonyl (C=O) groups excluding carboxylic acids is 1. The zero-order chi connectivity index (χ0) is 13.7. The van der Waals surface area contributed by atoms with Gasteiger partial charge < -0.3 is 11.1 Å². The Bertz CT molecular complexity index is 537. The Morgan fingerprint density at radius 2 is 2.37 bits per heavy atom. The molecule has 2 aromatic rings. The maximum atomic E-state index is 11.7. The molecule has 0 fully saturated rings. The summed E-state index contributed by atoms with van der Waals surface area (Å²) in [6.45, 7) is 1.88. The van der Waals surface area contributed by atoms with Gasteiger partial charge in [0.15, 0.2) is 0 Å². The van der Waals surface area contributed by atoms with E-state index in [1.807, 2.05) is 25.1 Å². The molecule has 0 aliphatic carbocycles. The van der Waals surface area contributed by atoms with Crippen LogP contribution in [-0.2, 0) is 4.79 Å². The number of anilines is 1. The number of nitrogens with two attached hydrogens (primary N) is 1. The third-order valence-corrected chi connectivity index (χ3v) is 2.57. The molecular formula is C12H16N6O. The SMILES string of the molecule is CC(N)CCC(=O)Nc1cccc(-n2cnnn2)c1. The van der Waals surface area contributed by atoms with Gasteiger partial charge in [-0.2, -0.15) is 0 Å². The summed E-state index contributed by atoms with van der Waals surface area (Å²) >= 11 is 0. The molecule has 19 heavy (non-hydrogen) atoms. The molecule has 1 aromatic carbocycles. The van der Waals surface area contributed by atoms with Gasteiger partial charge in [-0.1, -0.05) is 6.07 Å². The molecule has 0 bridgehead atoms. The summed E-state index contributed by atoms with van der Waals surface area (Å²) < 4.78 is 1.53. The topological polar surface area (TPSA) is 98.7 Å². The standard InChI is InChI=1S/C12H16N6O/c1-9(13)5-6-12(19)15-10-3-2-4-11(7-10)18-8-14-16-17-18/h2-4,7-9H,5-6,13H2,1H3,(H,15,19). The van der Waals surface area contributed by atoms with Crippen molar-refractivity contribution < 1.29 is 4.79 Å². The summed E-state index contributed by atoms with van der Waals surface area (Å²) in [5.74, 6) is -0.0498. The van der Waals surface area contributed by atoms with Gasteiger partial charge in [-0.3, -0.25) is 4.79 Å². The van der Waals surface area contributed by atoms with E-state index in [1.54, 1.807) is 6.07 Å². The minimum atomic E-state index is -0.0498. The highest BCUT2D eigenvalue weighted by atomic mass is 16.1. The van der Waals surface area contributed by atoms with E-state index < -0.39 is 0 Å². The summed E-state index contributed by atoms with van der Waals surface area (Å²) in [6.07, 6.45) is 2.57. The van der Waals surface area contributed by atoms with Gasteiger partial charge in [-0.05, 0) is 42.0 Å². The summed E-state index contributed by atoms with van der Waals surface area (Å²) in [5.41, 5.74) is 7.11. The summed E-state index contributed by atoms with van der Waals surface area (Å²) in [4.78, 5) is 11.7. The van der Waals surface area contributed by atoms with E-state index in [9.17, 15) is 4.79 Å². The second-order valence-electron chi connectivity index (χ2n) is 4.37. The minimum Gasteiger partial charge on any atom is -0.328 e. The third kappa shape index (κ3) is 3.85. The molecule has 0 radical (unpaired) electrons. The zero-order valence-corrected chi connectivity index (χ0v) is 10.7. The van der Waals surface area contributed by atoms with Gasteiger partial charge in [0.05, 0.1) is 5.69 Å². The Balaban J connectivity index is 2.01. The molecule has 1 amide bonds. The summed E-state index contributed by atoms with van der Waals surface area (Å²) in [5, 5.41) is 13.8. The number of hydrogen-bond acceptors (Lipinski definition) is 5. The van der Waals surface area contributed by atoms with E-state index in [2.05, 4.69) is 20.8 Å². The highest BCUT2D eigenvalue weighted by Gasteiger charge is 2.05. The van der Waals surface area contributed by atoms with Crippen LogP contribution in [0.25, 0.3) is 5.69 Å². The van der Waals surface area contributed by atoms with Gasteiger partial charge in [0.25, 0.3) is 0 Å². The van der Waals surface area contributed by atoms with Crippen LogP contribution >= 0.6 is 0 Å². The molecule has 100 valence electrons. The van der Waals surface area contributed by atoms with Crippen molar-refractivity contribution in [1.29, 1.82) is 0 Å². The molecule has 1 unspecified atom stereocenters. The number of amides is 1. The van der Waals surface area contributed by atoms with Crippen LogP contribution in [0.15, 0.2) is 30.6 Å². The predicted molar refractivity (Wildman–Crippen MR) is 70.7 cm³/mol. The van der Waals surface area contributed by atoms with E-state index >= 15 is 0 Å². The zero-order valence-electron chi connectivity index (χ0n) is 10.7. The average molecular weight is 260 g/mol. The quantitative estimate of drug-likeness (QED) is 0.825. The number of rotatable bonds is 5. The van der Waals surface area contributed by atoms with Crippen molar-refractivity contribution in [2.45, 2.75) is 25.8 Å². The second kappa shape index (κ2) is 6.05. The number of tetrazole rings is 1. The molecule has 7 nitrogen and oxygen atoms in total. The van der Waals surface area contributed by atoms with E-state index in [0.717, 1.165) is 5.69 Å². The lowest BCUT2D eigenvalue weighted by Gasteiger charge is -2.08. The van der Waals surface area contributed by atoms with Gasteiger partial charge in [-0.25, -0.2) is 4.68 Å². The van der Waals surface area contributed by atoms with Gasteiger partial charge >= 0.3 is 0 Å². The molecule has 1 atom stereocenters. The first-order chi connectivity index (χ1) is 9.15. The predicted octanol–water partition coefficient (Wildman–Crippen LogP) is 0.728. The first-order valence-corrected chi connectivity index (χ1v) is 6.04. The number of aromatic nitrogens is 4. The molecule has 2 rings (SSSR count). The molecule has 1 aromatic heterocycles. The highest BCUT2D eigenvalue weighted by molar-refractivity contribution is 5.90. The average Bonchev–Trinajstić information content (AvgIpc) is 2.90. The minimum absolute atomic E-state index is 0.0262. The molecule has 0 spiro atoms. The maximum Gasteiger partial charge on any atom is 0.224 e. The fourth-order valence-electron chi connectivity index (χ4n) is 1.59. The van der Waals surface area contributed by atoms with Gasteiger partial charge in [0, 0.05) is 18.2 Å². The van der Waals surface area contributed by atoms with Crippen LogP contribution in [0.4, 0.5) is 5.69 Å². The Hall–Kier alpha value is -2.28. The fourth-order valence-corrected chi connectivity index (χ4v) is 1.59. The Morgan fingerprint density at radius 3 is 3.05 bits per heavy atom. The van der Waals surface area contributed by atoms with Crippen LogP contribution in [0.2, 0.25) is 0 Å². The number of nitrogens with zero attached hydrogens (tertiary/aromatic N) is 4. The number of hydrogen-bond donors (Lipinski definition) is 2. The van der Waals surface area contributed by atoms with Crippen molar-refractivity contribution in [3.05, 3.63) is 30.6 Å². The van der Waals surface area contributed by atoms with Gasteiger partial charge in [-0.15, -0.1) is 5.10 Å². The highest BCUT2D eigenvalue weighted by Crippen LogP contribution is 2.13. The lowest BCUT2D eigenvalue weighted by molar-refractivity contribution is -0.116. The molecule has 0 aliphatic rings. The second-order valence-corrected chi connectivity index (χ2v) is 4.37. The van der Waals surface area contributed by atoms with Crippen LogP contribution < -0.4 is 11.1 Å². The lowest BCUT2D eigenvalue weighted by atomic mass is 10.2. The van der Waals surface area contributed by atoms with E-state index in [4.69, 9.17) is 5.73 Å². The Labute approximate surface area is 110 Å². The molecular weight excluding hydrogens is 244 g/mol. The van der Waals surface area contributed by atoms with Crippen molar-refractivity contribution in [2.24, 2.45) is 5.73 Å². The van der Waals surface area contributed by atoms with E-state index in [1.165, 1.54) is 11.0 Å². The van der Waals surface area contributed by atoms with Gasteiger partial charge in [0.1, 0.15) is 6.33 Å². The van der Waals surface area contributed by atoms with Crippen LogP contribution in [0.3, 0.4) is 0 Å². The molecule has 0 saturated carbocycles. The van der Waals surface area contributed by atoms with Crippen LogP contribution in [0.1, 0.15) is 19.8 Å². The monoisotopic (exact) mass is 260 g/mol. The molecule has 7 heteroatoms. The number of carbonyl (C=O) groups is 1. The van der Waals surface area contributed by atoms with E-state index in [0.29, 0.717) is 18.5 Å². The molecule has 1 heterocycles. The van der Waals surface area contributed by atoms with Crippen molar-refractivity contribution >= 4 is 11.6 Å². The third-order valence-electron chi connectivity index (χ3n) is 2.57. The molecule has 0 aliphatic heterocycles. The van der Waals surface area contributed by atoms with Crippen molar-refractivity contribution in [2.75, 3.05) is 5.32 Å². The molecule has 3 N–H and O–H groups in total. The summed E-state index contributed by atoms with van der Waals surface area (Å²) in [6, 6.07) is 7.34. The Kier molecular flexibility index (Phi) is 4.19. The summed E-state index contributed by atoms with van der Waals surface area (Å²) in [7, 11) is 0. The largest absolute Gasteiger partial charge is 0.328 e. The Morgan fingerprint density at radius 1 is 1.53 bits per heavy atom. The lowest BCUT2D eigenvalue weighted by Crippen LogP contribution is -2.19. The molecule has 0 saturated heterocycles. The smallest absolute Gasteiger partial charge is 0.224 e. The van der Waals surface area contributed by atoms with Crippen molar-refractivity contribution in [3.8, 4) is 5.69 Å². The normalized spacial score (nSPS) is 12.1. The fraction of sp³-hybridized carbons (Fsp3) is 0.333. The van der Waals surface area contributed by atoms with Crippen LogP contribution in [-0.4, -0.2) is 32.2 Å². The van der Waals surface area contributed by atoms with Crippen LogP contribution in [0.5, 0.6) is 0 Å². The van der Waals surface area contributed by atoms with Crippen molar-refractivity contribution in [1.82, 2.24) is 20.2 Å². The number of benzene rings is 1. The number of nitrogens with one attached hydrogen (secondary N) is 1. The maximum absolute atomic E-state index is 11.7. The first kappa shape index (κ1) is 13.2. The van der Waals surface area contributed by atoms with E-state index in [-0.39, 0.29) is 11.9 Å².